The van der Waals surface area contributed by atoms with Crippen molar-refractivity contribution in [1.82, 2.24) is 0 Å². The van der Waals surface area contributed by atoms with Crippen LogP contribution < -0.4 is 11.1 Å². The van der Waals surface area contributed by atoms with Gasteiger partial charge in [0.25, 0.3) is 0 Å². The first kappa shape index (κ1) is 16.0. The molecule has 1 unspecified atom stereocenters. The molecule has 3 nitrogen and oxygen atoms in total. The van der Waals surface area contributed by atoms with E-state index in [0.717, 1.165) is 36.9 Å². The number of amides is 1. The minimum absolute atomic E-state index is 0. The lowest BCUT2D eigenvalue weighted by molar-refractivity contribution is -0.124. The Labute approximate surface area is 121 Å². The summed E-state index contributed by atoms with van der Waals surface area (Å²) in [5.41, 5.74) is 7.56. The Bertz CT molecular complexity index is 422. The number of nitrogens with two attached hydrogens (primary N) is 1. The van der Waals surface area contributed by atoms with Crippen molar-refractivity contribution in [3.63, 3.8) is 0 Å². The fraction of sp³-hybridized carbons (Fsp3) is 0.533. The van der Waals surface area contributed by atoms with E-state index in [1.807, 2.05) is 31.2 Å². The van der Waals surface area contributed by atoms with E-state index in [1.165, 1.54) is 0 Å². The van der Waals surface area contributed by atoms with Crippen LogP contribution in [0, 0.1) is 5.41 Å². The van der Waals surface area contributed by atoms with Crippen molar-refractivity contribution in [3.05, 3.63) is 29.8 Å². The lowest BCUT2D eigenvalue weighted by Crippen LogP contribution is -2.30. The summed E-state index contributed by atoms with van der Waals surface area (Å²) in [6.45, 7) is 4.01. The lowest BCUT2D eigenvalue weighted by Gasteiger charge is -2.22. The van der Waals surface area contributed by atoms with Crippen molar-refractivity contribution in [2.75, 3.05) is 5.32 Å². The summed E-state index contributed by atoms with van der Waals surface area (Å²) in [4.78, 5) is 12.2. The van der Waals surface area contributed by atoms with Crippen LogP contribution >= 0.6 is 12.4 Å². The van der Waals surface area contributed by atoms with Crippen LogP contribution in [0.25, 0.3) is 0 Å². The summed E-state index contributed by atoms with van der Waals surface area (Å²) in [5.74, 6) is 0.147. The van der Waals surface area contributed by atoms with E-state index in [0.29, 0.717) is 0 Å². The Morgan fingerprint density at radius 3 is 2.26 bits per heavy atom. The maximum absolute atomic E-state index is 12.2. The molecule has 0 aliphatic heterocycles. The van der Waals surface area contributed by atoms with Gasteiger partial charge in [0.05, 0.1) is 0 Å². The molecule has 1 aliphatic rings. The molecule has 0 bridgehead atoms. The highest BCUT2D eigenvalue weighted by molar-refractivity contribution is 5.95. The van der Waals surface area contributed by atoms with Crippen LogP contribution in [0.4, 0.5) is 5.69 Å². The smallest absolute Gasteiger partial charge is 0.230 e. The minimum atomic E-state index is -0.181. The average molecular weight is 283 g/mol. The van der Waals surface area contributed by atoms with E-state index in [9.17, 15) is 4.79 Å². The molecule has 0 saturated heterocycles. The molecule has 106 valence electrons. The van der Waals surface area contributed by atoms with Gasteiger partial charge < -0.3 is 11.1 Å². The van der Waals surface area contributed by atoms with Crippen molar-refractivity contribution in [1.29, 1.82) is 0 Å². The average Bonchev–Trinajstić information content (AvgIpc) is 2.78. The Morgan fingerprint density at radius 2 is 1.79 bits per heavy atom. The van der Waals surface area contributed by atoms with Crippen molar-refractivity contribution in [2.24, 2.45) is 11.1 Å². The van der Waals surface area contributed by atoms with Gasteiger partial charge in [-0.25, -0.2) is 0 Å². The SMILES string of the molecule is CC(N)c1ccc(NC(=O)C2(C)CCCC2)cc1.Cl. The van der Waals surface area contributed by atoms with Gasteiger partial charge in [-0.2, -0.15) is 0 Å². The van der Waals surface area contributed by atoms with Crippen LogP contribution in [-0.2, 0) is 4.79 Å². The normalized spacial score (nSPS) is 18.5. The first-order chi connectivity index (χ1) is 8.51. The van der Waals surface area contributed by atoms with Gasteiger partial charge in [0.1, 0.15) is 0 Å². The molecule has 4 heteroatoms. The standard InChI is InChI=1S/C15H22N2O.ClH/c1-11(16)12-5-7-13(8-6-12)17-14(18)15(2)9-3-4-10-15;/h5-8,11H,3-4,9-10,16H2,1-2H3,(H,17,18);1H. The third kappa shape index (κ3) is 3.71. The summed E-state index contributed by atoms with van der Waals surface area (Å²) in [5, 5.41) is 3.01. The van der Waals surface area contributed by atoms with E-state index in [-0.39, 0.29) is 29.8 Å². The monoisotopic (exact) mass is 282 g/mol. The Hall–Kier alpha value is -1.06. The van der Waals surface area contributed by atoms with Gasteiger partial charge in [-0.1, -0.05) is 31.9 Å². The number of hydrogen-bond donors (Lipinski definition) is 2. The molecule has 0 radical (unpaired) electrons. The predicted octanol–water partition coefficient (Wildman–Crippen LogP) is 3.65. The number of carbonyl (C=O) groups is 1. The van der Waals surface area contributed by atoms with Gasteiger partial charge in [0.2, 0.25) is 5.91 Å². The molecule has 3 N–H and O–H groups in total. The van der Waals surface area contributed by atoms with E-state index in [1.54, 1.807) is 0 Å². The minimum Gasteiger partial charge on any atom is -0.326 e. The fourth-order valence-corrected chi connectivity index (χ4v) is 2.53. The zero-order valence-electron chi connectivity index (χ0n) is 11.6. The molecule has 1 atom stereocenters. The number of rotatable bonds is 3. The highest BCUT2D eigenvalue weighted by Gasteiger charge is 2.36. The molecule has 1 fully saturated rings. The summed E-state index contributed by atoms with van der Waals surface area (Å²) in [6.07, 6.45) is 4.31. The highest BCUT2D eigenvalue weighted by atomic mass is 35.5. The summed E-state index contributed by atoms with van der Waals surface area (Å²) >= 11 is 0. The second-order valence-electron chi connectivity index (χ2n) is 5.63. The zero-order chi connectivity index (χ0) is 13.2. The van der Waals surface area contributed by atoms with Gasteiger partial charge in [0, 0.05) is 17.1 Å². The predicted molar refractivity (Wildman–Crippen MR) is 81.5 cm³/mol. The Morgan fingerprint density at radius 1 is 1.26 bits per heavy atom. The number of anilines is 1. The van der Waals surface area contributed by atoms with Crippen molar-refractivity contribution in [3.8, 4) is 0 Å². The summed E-state index contributed by atoms with van der Waals surface area (Å²) in [6, 6.07) is 7.82. The highest BCUT2D eigenvalue weighted by Crippen LogP contribution is 2.38. The second-order valence-corrected chi connectivity index (χ2v) is 5.63. The quantitative estimate of drug-likeness (QED) is 0.889. The van der Waals surface area contributed by atoms with Crippen LogP contribution in [0.1, 0.15) is 51.1 Å². The molecule has 0 heterocycles. The first-order valence-corrected chi connectivity index (χ1v) is 6.68. The summed E-state index contributed by atoms with van der Waals surface area (Å²) < 4.78 is 0. The maximum Gasteiger partial charge on any atom is 0.230 e. The van der Waals surface area contributed by atoms with E-state index < -0.39 is 0 Å². The number of carbonyl (C=O) groups excluding carboxylic acids is 1. The molecule has 1 aliphatic carbocycles. The van der Waals surface area contributed by atoms with Crippen molar-refractivity contribution in [2.45, 2.75) is 45.6 Å². The van der Waals surface area contributed by atoms with Crippen molar-refractivity contribution < 1.29 is 4.79 Å². The van der Waals surface area contributed by atoms with Gasteiger partial charge >= 0.3 is 0 Å². The van der Waals surface area contributed by atoms with Crippen LogP contribution in [0.5, 0.6) is 0 Å². The van der Waals surface area contributed by atoms with Gasteiger partial charge in [0.15, 0.2) is 0 Å². The van der Waals surface area contributed by atoms with Crippen molar-refractivity contribution >= 4 is 24.0 Å². The number of nitrogens with one attached hydrogen (secondary N) is 1. The van der Waals surface area contributed by atoms with Crippen LogP contribution in [-0.4, -0.2) is 5.91 Å². The molecule has 1 aromatic carbocycles. The molecular weight excluding hydrogens is 260 g/mol. The van der Waals surface area contributed by atoms with Gasteiger partial charge in [-0.3, -0.25) is 4.79 Å². The Kier molecular flexibility index (Phi) is 5.39. The molecule has 19 heavy (non-hydrogen) atoms. The van der Waals surface area contributed by atoms with E-state index in [2.05, 4.69) is 12.2 Å². The van der Waals surface area contributed by atoms with E-state index >= 15 is 0 Å². The summed E-state index contributed by atoms with van der Waals surface area (Å²) in [7, 11) is 0. The maximum atomic E-state index is 12.2. The number of benzene rings is 1. The molecule has 0 spiro atoms. The Balaban J connectivity index is 0.00000180. The van der Waals surface area contributed by atoms with Gasteiger partial charge in [-0.15, -0.1) is 12.4 Å². The first-order valence-electron chi connectivity index (χ1n) is 6.68. The number of halogens is 1. The topological polar surface area (TPSA) is 55.1 Å². The van der Waals surface area contributed by atoms with Crippen LogP contribution in [0.15, 0.2) is 24.3 Å². The molecular formula is C15H23ClN2O. The fourth-order valence-electron chi connectivity index (χ4n) is 2.53. The van der Waals surface area contributed by atoms with Crippen LogP contribution in [0.3, 0.4) is 0 Å². The molecule has 2 rings (SSSR count). The zero-order valence-corrected chi connectivity index (χ0v) is 12.4. The largest absolute Gasteiger partial charge is 0.326 e. The second kappa shape index (κ2) is 6.40. The third-order valence-electron chi connectivity index (χ3n) is 3.95. The van der Waals surface area contributed by atoms with E-state index in [4.69, 9.17) is 5.73 Å². The van der Waals surface area contributed by atoms with Gasteiger partial charge in [-0.05, 0) is 37.5 Å². The molecule has 1 aromatic rings. The molecule has 1 amide bonds. The van der Waals surface area contributed by atoms with Crippen LogP contribution in [0.2, 0.25) is 0 Å². The molecule has 1 saturated carbocycles. The lowest BCUT2D eigenvalue weighted by atomic mass is 9.88. The molecule has 0 aromatic heterocycles. The number of hydrogen-bond acceptors (Lipinski definition) is 2. The third-order valence-corrected chi connectivity index (χ3v) is 3.95.